The van der Waals surface area contributed by atoms with Crippen molar-refractivity contribution in [1.29, 1.82) is 0 Å². The van der Waals surface area contributed by atoms with Crippen molar-refractivity contribution in [2.24, 2.45) is 11.7 Å². The number of benzene rings is 1. The van der Waals surface area contributed by atoms with E-state index in [9.17, 15) is 4.79 Å². The largest absolute Gasteiger partial charge is 0.334 e. The van der Waals surface area contributed by atoms with Crippen LogP contribution in [0, 0.1) is 19.8 Å². The molecule has 0 spiro atoms. The van der Waals surface area contributed by atoms with E-state index < -0.39 is 0 Å². The number of rotatable bonds is 3. The molecule has 2 heterocycles. The van der Waals surface area contributed by atoms with Gasteiger partial charge in [0.2, 0.25) is 0 Å². The predicted octanol–water partition coefficient (Wildman–Crippen LogP) is 3.11. The molecule has 0 bridgehead atoms. The van der Waals surface area contributed by atoms with Gasteiger partial charge in [0, 0.05) is 30.4 Å². The highest BCUT2D eigenvalue weighted by atomic mass is 35.5. The summed E-state index contributed by atoms with van der Waals surface area (Å²) in [5.41, 5.74) is 9.64. The normalized spacial score (nSPS) is 20.2. The molecule has 2 aromatic rings. The van der Waals surface area contributed by atoms with Gasteiger partial charge in [0.15, 0.2) is 0 Å². The maximum atomic E-state index is 12.8. The van der Waals surface area contributed by atoms with Crippen molar-refractivity contribution in [1.82, 2.24) is 14.7 Å². The number of halogens is 1. The summed E-state index contributed by atoms with van der Waals surface area (Å²) < 4.78 is 1.90. The molecule has 2 N–H and O–H groups in total. The van der Waals surface area contributed by atoms with E-state index in [0.29, 0.717) is 18.0 Å². The van der Waals surface area contributed by atoms with E-state index in [0.717, 1.165) is 36.5 Å². The van der Waals surface area contributed by atoms with E-state index in [1.54, 1.807) is 0 Å². The molecule has 0 aliphatic carbocycles. The van der Waals surface area contributed by atoms with Crippen LogP contribution in [-0.2, 0) is 0 Å². The Morgan fingerprint density at radius 2 is 1.96 bits per heavy atom. The Labute approximate surface area is 155 Å². The highest BCUT2D eigenvalue weighted by Crippen LogP contribution is 2.24. The molecule has 25 heavy (non-hydrogen) atoms. The van der Waals surface area contributed by atoms with Gasteiger partial charge < -0.3 is 10.6 Å². The number of likely N-dealkylation sites (tertiary alicyclic amines) is 1. The minimum atomic E-state index is 0. The van der Waals surface area contributed by atoms with Crippen molar-refractivity contribution in [2.45, 2.75) is 39.7 Å². The summed E-state index contributed by atoms with van der Waals surface area (Å²) in [6.45, 7) is 7.56. The van der Waals surface area contributed by atoms with Gasteiger partial charge in [0.05, 0.1) is 11.4 Å². The number of carbonyl (C=O) groups excluding carboxylic acids is 1. The van der Waals surface area contributed by atoms with Crippen molar-refractivity contribution in [2.75, 3.05) is 13.1 Å². The lowest BCUT2D eigenvalue weighted by molar-refractivity contribution is 0.0573. The van der Waals surface area contributed by atoms with Crippen LogP contribution in [0.1, 0.15) is 41.5 Å². The van der Waals surface area contributed by atoms with Crippen molar-refractivity contribution < 1.29 is 4.79 Å². The summed E-state index contributed by atoms with van der Waals surface area (Å²) in [5, 5.41) is 4.48. The summed E-state index contributed by atoms with van der Waals surface area (Å²) >= 11 is 0. The predicted molar refractivity (Wildman–Crippen MR) is 103 cm³/mol. The molecule has 1 aromatic heterocycles. The van der Waals surface area contributed by atoms with Crippen LogP contribution in [0.25, 0.3) is 5.69 Å². The third kappa shape index (κ3) is 4.05. The maximum Gasteiger partial charge on any atom is 0.254 e. The molecule has 2 atom stereocenters. The molecule has 1 saturated heterocycles. The van der Waals surface area contributed by atoms with Gasteiger partial charge in [-0.3, -0.25) is 4.79 Å². The first-order valence-corrected chi connectivity index (χ1v) is 8.64. The molecule has 2 unspecified atom stereocenters. The lowest BCUT2D eigenvalue weighted by atomic mass is 9.92. The van der Waals surface area contributed by atoms with E-state index in [4.69, 9.17) is 5.73 Å². The molecule has 1 fully saturated rings. The first-order chi connectivity index (χ1) is 11.5. The average molecular weight is 363 g/mol. The zero-order chi connectivity index (χ0) is 17.3. The number of amides is 1. The SMILES string of the molecule is Cc1cc(C)n(-c2ccc(C(=O)N3CCC(C)CC3CN)cc2)n1.Cl. The Kier molecular flexibility index (Phi) is 6.25. The van der Waals surface area contributed by atoms with Gasteiger partial charge in [-0.05, 0) is 62.9 Å². The van der Waals surface area contributed by atoms with Gasteiger partial charge in [-0.25, -0.2) is 4.68 Å². The van der Waals surface area contributed by atoms with Crippen LogP contribution >= 0.6 is 12.4 Å². The fourth-order valence-electron chi connectivity index (χ4n) is 3.54. The highest BCUT2D eigenvalue weighted by Gasteiger charge is 2.29. The summed E-state index contributed by atoms with van der Waals surface area (Å²) in [6, 6.07) is 9.88. The van der Waals surface area contributed by atoms with Gasteiger partial charge in [-0.1, -0.05) is 6.92 Å². The van der Waals surface area contributed by atoms with Crippen LogP contribution in [0.5, 0.6) is 0 Å². The summed E-state index contributed by atoms with van der Waals surface area (Å²) in [6.07, 6.45) is 2.04. The van der Waals surface area contributed by atoms with Crippen molar-refractivity contribution >= 4 is 18.3 Å². The first-order valence-electron chi connectivity index (χ1n) is 8.64. The molecule has 1 aliphatic rings. The highest BCUT2D eigenvalue weighted by molar-refractivity contribution is 5.94. The number of hydrogen-bond acceptors (Lipinski definition) is 3. The van der Waals surface area contributed by atoms with Gasteiger partial charge >= 0.3 is 0 Å². The standard InChI is InChI=1S/C19H26N4O.ClH/c1-13-8-9-22(18(10-13)12-20)19(24)16-4-6-17(7-5-16)23-15(3)11-14(2)21-23;/h4-7,11,13,18H,8-10,12,20H2,1-3H3;1H. The fraction of sp³-hybridized carbons (Fsp3) is 0.474. The van der Waals surface area contributed by atoms with Crippen LogP contribution in [0.15, 0.2) is 30.3 Å². The monoisotopic (exact) mass is 362 g/mol. The van der Waals surface area contributed by atoms with Gasteiger partial charge in [0.1, 0.15) is 0 Å². The van der Waals surface area contributed by atoms with Gasteiger partial charge in [0.25, 0.3) is 5.91 Å². The molecule has 6 heteroatoms. The molecule has 0 radical (unpaired) electrons. The fourth-order valence-corrected chi connectivity index (χ4v) is 3.54. The first kappa shape index (κ1) is 19.5. The quantitative estimate of drug-likeness (QED) is 0.912. The molecule has 1 amide bonds. The Bertz CT molecular complexity index is 726. The third-order valence-electron chi connectivity index (χ3n) is 4.88. The molecule has 136 valence electrons. The second-order valence-corrected chi connectivity index (χ2v) is 6.90. The smallest absolute Gasteiger partial charge is 0.254 e. The number of nitrogens with two attached hydrogens (primary N) is 1. The van der Waals surface area contributed by atoms with Crippen LogP contribution in [-0.4, -0.2) is 39.7 Å². The minimum absolute atomic E-state index is 0. The summed E-state index contributed by atoms with van der Waals surface area (Å²) in [5.74, 6) is 0.716. The lowest BCUT2D eigenvalue weighted by Gasteiger charge is -2.38. The van der Waals surface area contributed by atoms with Gasteiger partial charge in [-0.15, -0.1) is 12.4 Å². The number of aryl methyl sites for hydroxylation is 2. The number of piperidine rings is 1. The summed E-state index contributed by atoms with van der Waals surface area (Å²) in [7, 11) is 0. The van der Waals surface area contributed by atoms with E-state index in [-0.39, 0.29) is 24.4 Å². The van der Waals surface area contributed by atoms with Crippen LogP contribution < -0.4 is 5.73 Å². The summed E-state index contributed by atoms with van der Waals surface area (Å²) in [4.78, 5) is 14.8. The lowest BCUT2D eigenvalue weighted by Crippen LogP contribution is -2.49. The Morgan fingerprint density at radius 1 is 1.28 bits per heavy atom. The molecule has 3 rings (SSSR count). The Balaban J connectivity index is 0.00000225. The number of nitrogens with zero attached hydrogens (tertiary/aromatic N) is 3. The zero-order valence-electron chi connectivity index (χ0n) is 15.1. The van der Waals surface area contributed by atoms with E-state index in [1.165, 1.54) is 0 Å². The van der Waals surface area contributed by atoms with Crippen molar-refractivity contribution in [3.8, 4) is 5.69 Å². The van der Waals surface area contributed by atoms with E-state index in [2.05, 4.69) is 12.0 Å². The molecular weight excluding hydrogens is 336 g/mol. The van der Waals surface area contributed by atoms with Crippen LogP contribution in [0.2, 0.25) is 0 Å². The number of carbonyl (C=O) groups is 1. The number of aromatic nitrogens is 2. The van der Waals surface area contributed by atoms with E-state index >= 15 is 0 Å². The third-order valence-corrected chi connectivity index (χ3v) is 4.88. The second-order valence-electron chi connectivity index (χ2n) is 6.90. The van der Waals surface area contributed by atoms with Crippen molar-refractivity contribution in [3.63, 3.8) is 0 Å². The topological polar surface area (TPSA) is 64.2 Å². The maximum absolute atomic E-state index is 12.8. The second kappa shape index (κ2) is 8.02. The average Bonchev–Trinajstić information content (AvgIpc) is 2.92. The zero-order valence-corrected chi connectivity index (χ0v) is 15.9. The molecule has 5 nitrogen and oxygen atoms in total. The molecule has 1 aliphatic heterocycles. The van der Waals surface area contributed by atoms with E-state index in [1.807, 2.05) is 53.8 Å². The molecule has 0 saturated carbocycles. The number of hydrogen-bond donors (Lipinski definition) is 1. The van der Waals surface area contributed by atoms with Crippen molar-refractivity contribution in [3.05, 3.63) is 47.3 Å². The Morgan fingerprint density at radius 3 is 2.52 bits per heavy atom. The molecular formula is C19H27ClN4O. The molecule has 1 aromatic carbocycles. The van der Waals surface area contributed by atoms with Crippen LogP contribution in [0.4, 0.5) is 0 Å². The Hall–Kier alpha value is -1.85. The van der Waals surface area contributed by atoms with Crippen LogP contribution in [0.3, 0.4) is 0 Å². The van der Waals surface area contributed by atoms with Gasteiger partial charge in [-0.2, -0.15) is 5.10 Å². The minimum Gasteiger partial charge on any atom is -0.334 e.